The summed E-state index contributed by atoms with van der Waals surface area (Å²) in [5.74, 6) is 0.616. The van der Waals surface area contributed by atoms with Gasteiger partial charge in [-0.3, -0.25) is 9.78 Å². The lowest BCUT2D eigenvalue weighted by atomic mass is 9.76. The molecule has 0 bridgehead atoms. The Balaban J connectivity index is 2.57. The molecule has 0 radical (unpaired) electrons. The summed E-state index contributed by atoms with van der Waals surface area (Å²) in [6.07, 6.45) is 5.81. The minimum Gasteiger partial charge on any atom is -0.330 e. The lowest BCUT2D eigenvalue weighted by molar-refractivity contribution is -0.118. The largest absolute Gasteiger partial charge is 0.330 e. The van der Waals surface area contributed by atoms with Crippen LogP contribution < -0.4 is 10.6 Å². The number of hydrogen-bond acceptors (Lipinski definition) is 3. The average molecular weight is 277 g/mol. The van der Waals surface area contributed by atoms with Gasteiger partial charge in [-0.25, -0.2) is 0 Å². The fourth-order valence-corrected chi connectivity index (χ4v) is 2.39. The second-order valence-electron chi connectivity index (χ2n) is 6.34. The monoisotopic (exact) mass is 277 g/mol. The van der Waals surface area contributed by atoms with Crippen LogP contribution in [0.2, 0.25) is 0 Å². The Labute approximate surface area is 122 Å². The first-order valence-corrected chi connectivity index (χ1v) is 7.23. The van der Waals surface area contributed by atoms with Gasteiger partial charge in [0.25, 0.3) is 0 Å². The van der Waals surface area contributed by atoms with E-state index in [1.807, 2.05) is 19.2 Å². The first kappa shape index (κ1) is 16.6. The number of carbonyl (C=O) groups excluding carboxylic acids is 1. The molecule has 112 valence electrons. The Morgan fingerprint density at radius 3 is 2.40 bits per heavy atom. The summed E-state index contributed by atoms with van der Waals surface area (Å²) in [4.78, 5) is 17.9. The second kappa shape index (κ2) is 7.39. The molecular weight excluding hydrogens is 250 g/mol. The maximum Gasteiger partial charge on any atom is 0.226 e. The van der Waals surface area contributed by atoms with E-state index < -0.39 is 0 Å². The van der Waals surface area contributed by atoms with Crippen molar-refractivity contribution in [2.75, 3.05) is 18.5 Å². The second-order valence-corrected chi connectivity index (χ2v) is 6.34. The molecule has 0 fully saturated rings. The summed E-state index contributed by atoms with van der Waals surface area (Å²) in [7, 11) is 1.81. The van der Waals surface area contributed by atoms with E-state index in [0.29, 0.717) is 18.9 Å². The third-order valence-corrected chi connectivity index (χ3v) is 3.87. The van der Waals surface area contributed by atoms with Crippen molar-refractivity contribution in [3.63, 3.8) is 0 Å². The molecule has 20 heavy (non-hydrogen) atoms. The van der Waals surface area contributed by atoms with Crippen LogP contribution in [0.3, 0.4) is 0 Å². The van der Waals surface area contributed by atoms with Crippen LogP contribution in [0.1, 0.15) is 40.0 Å². The van der Waals surface area contributed by atoms with Crippen molar-refractivity contribution < 1.29 is 4.79 Å². The topological polar surface area (TPSA) is 59.2 Å². The molecule has 4 nitrogen and oxygen atoms in total. The van der Waals surface area contributed by atoms with Gasteiger partial charge in [0.1, 0.15) is 0 Å². The summed E-state index contributed by atoms with van der Waals surface area (Å²) in [5.41, 5.74) is 6.76. The van der Waals surface area contributed by atoms with E-state index >= 15 is 0 Å². The van der Waals surface area contributed by atoms with Gasteiger partial charge in [-0.1, -0.05) is 20.8 Å². The zero-order valence-corrected chi connectivity index (χ0v) is 13.1. The summed E-state index contributed by atoms with van der Waals surface area (Å²) in [6, 6.07) is 3.69. The van der Waals surface area contributed by atoms with Crippen molar-refractivity contribution in [3.05, 3.63) is 24.5 Å². The number of anilines is 1. The van der Waals surface area contributed by atoms with E-state index in [4.69, 9.17) is 5.73 Å². The fraction of sp³-hybridized carbons (Fsp3) is 0.625. The molecule has 1 unspecified atom stereocenters. The zero-order valence-electron chi connectivity index (χ0n) is 13.1. The molecule has 0 aromatic carbocycles. The maximum absolute atomic E-state index is 12.3. The number of rotatable bonds is 6. The number of amides is 1. The predicted octanol–water partition coefficient (Wildman–Crippen LogP) is 2.84. The van der Waals surface area contributed by atoms with Crippen molar-refractivity contribution in [3.8, 4) is 0 Å². The van der Waals surface area contributed by atoms with Crippen molar-refractivity contribution in [2.45, 2.75) is 40.0 Å². The standard InChI is InChI=1S/C16H27N3O/c1-16(2,3)13(7-10-17)5-6-15(20)19(4)14-8-11-18-12-9-14/h8-9,11-13H,5-7,10,17H2,1-4H3. The van der Waals surface area contributed by atoms with Crippen LogP contribution in [0.25, 0.3) is 0 Å². The molecule has 4 heteroatoms. The molecule has 1 heterocycles. The number of hydrogen-bond donors (Lipinski definition) is 1. The lowest BCUT2D eigenvalue weighted by Gasteiger charge is -2.31. The van der Waals surface area contributed by atoms with Gasteiger partial charge < -0.3 is 10.6 Å². The molecule has 1 amide bonds. The number of aromatic nitrogens is 1. The minimum atomic E-state index is 0.141. The molecule has 1 aromatic rings. The van der Waals surface area contributed by atoms with E-state index in [1.165, 1.54) is 0 Å². The number of carbonyl (C=O) groups is 1. The van der Waals surface area contributed by atoms with Gasteiger partial charge in [-0.05, 0) is 42.9 Å². The average Bonchev–Trinajstić information content (AvgIpc) is 2.42. The highest BCUT2D eigenvalue weighted by Gasteiger charge is 2.25. The molecule has 1 aromatic heterocycles. The molecule has 0 saturated carbocycles. The Morgan fingerprint density at radius 1 is 1.30 bits per heavy atom. The fourth-order valence-electron chi connectivity index (χ4n) is 2.39. The molecule has 2 N–H and O–H groups in total. The predicted molar refractivity (Wildman–Crippen MR) is 83.5 cm³/mol. The van der Waals surface area contributed by atoms with E-state index in [-0.39, 0.29) is 11.3 Å². The molecule has 0 aliphatic heterocycles. The molecule has 1 atom stereocenters. The first-order chi connectivity index (χ1) is 9.36. The Hall–Kier alpha value is -1.42. The van der Waals surface area contributed by atoms with Gasteiger partial charge in [0.05, 0.1) is 0 Å². The highest BCUT2D eigenvalue weighted by atomic mass is 16.2. The van der Waals surface area contributed by atoms with Crippen LogP contribution in [0.15, 0.2) is 24.5 Å². The highest BCUT2D eigenvalue weighted by Crippen LogP contribution is 2.32. The molecule has 0 aliphatic rings. The Kier molecular flexibility index (Phi) is 6.14. The Bertz CT molecular complexity index is 411. The van der Waals surface area contributed by atoms with Crippen LogP contribution in [-0.2, 0) is 4.79 Å². The molecule has 0 saturated heterocycles. The third kappa shape index (κ3) is 4.93. The van der Waals surface area contributed by atoms with Crippen LogP contribution in [-0.4, -0.2) is 24.5 Å². The van der Waals surface area contributed by atoms with Crippen LogP contribution in [0.5, 0.6) is 0 Å². The van der Waals surface area contributed by atoms with Crippen LogP contribution in [0, 0.1) is 11.3 Å². The van der Waals surface area contributed by atoms with Gasteiger partial charge in [-0.2, -0.15) is 0 Å². The van der Waals surface area contributed by atoms with Crippen molar-refractivity contribution >= 4 is 11.6 Å². The van der Waals surface area contributed by atoms with Crippen molar-refractivity contribution in [1.29, 1.82) is 0 Å². The maximum atomic E-state index is 12.3. The third-order valence-electron chi connectivity index (χ3n) is 3.87. The lowest BCUT2D eigenvalue weighted by Crippen LogP contribution is -2.29. The summed E-state index contributed by atoms with van der Waals surface area (Å²) in [5, 5.41) is 0. The van der Waals surface area contributed by atoms with Crippen LogP contribution in [0.4, 0.5) is 5.69 Å². The SMILES string of the molecule is CN(C(=O)CCC(CCN)C(C)(C)C)c1ccncc1. The van der Waals surface area contributed by atoms with Gasteiger partial charge >= 0.3 is 0 Å². The van der Waals surface area contributed by atoms with E-state index in [0.717, 1.165) is 18.5 Å². The quantitative estimate of drug-likeness (QED) is 0.869. The zero-order chi connectivity index (χ0) is 15.2. The van der Waals surface area contributed by atoms with E-state index in [9.17, 15) is 4.79 Å². The normalized spacial score (nSPS) is 13.1. The minimum absolute atomic E-state index is 0.141. The van der Waals surface area contributed by atoms with E-state index in [1.54, 1.807) is 17.3 Å². The van der Waals surface area contributed by atoms with Gasteiger partial charge in [-0.15, -0.1) is 0 Å². The van der Waals surface area contributed by atoms with Crippen LogP contribution >= 0.6 is 0 Å². The first-order valence-electron chi connectivity index (χ1n) is 7.23. The molecule has 0 aliphatic carbocycles. The molecule has 1 rings (SSSR count). The van der Waals surface area contributed by atoms with Crippen molar-refractivity contribution in [1.82, 2.24) is 4.98 Å². The summed E-state index contributed by atoms with van der Waals surface area (Å²) in [6.45, 7) is 7.31. The summed E-state index contributed by atoms with van der Waals surface area (Å²) < 4.78 is 0. The van der Waals surface area contributed by atoms with Gasteiger partial charge in [0.15, 0.2) is 0 Å². The number of nitrogens with two attached hydrogens (primary N) is 1. The number of nitrogens with zero attached hydrogens (tertiary/aromatic N) is 2. The Morgan fingerprint density at radius 2 is 1.90 bits per heavy atom. The summed E-state index contributed by atoms with van der Waals surface area (Å²) >= 11 is 0. The molecular formula is C16H27N3O. The van der Waals surface area contributed by atoms with E-state index in [2.05, 4.69) is 25.8 Å². The number of pyridine rings is 1. The van der Waals surface area contributed by atoms with Crippen molar-refractivity contribution in [2.24, 2.45) is 17.1 Å². The molecule has 0 spiro atoms. The van der Waals surface area contributed by atoms with Gasteiger partial charge in [0, 0.05) is 31.5 Å². The van der Waals surface area contributed by atoms with Gasteiger partial charge in [0.2, 0.25) is 5.91 Å². The smallest absolute Gasteiger partial charge is 0.226 e. The highest BCUT2D eigenvalue weighted by molar-refractivity contribution is 5.92.